The molecule has 0 amide bonds. The monoisotopic (exact) mass is 454 g/mol. The maximum atomic E-state index is 13.3. The molecule has 32 heavy (non-hydrogen) atoms. The summed E-state index contributed by atoms with van der Waals surface area (Å²) < 4.78 is 43.9. The Hall–Kier alpha value is -3.24. The number of anilines is 1. The fourth-order valence-electron chi connectivity index (χ4n) is 4.19. The van der Waals surface area contributed by atoms with E-state index in [9.17, 15) is 12.8 Å². The van der Waals surface area contributed by atoms with Crippen molar-refractivity contribution >= 4 is 26.6 Å². The van der Waals surface area contributed by atoms with E-state index >= 15 is 0 Å². The maximum absolute atomic E-state index is 13.3. The van der Waals surface area contributed by atoms with Gasteiger partial charge in [-0.1, -0.05) is 0 Å². The third-order valence-corrected chi connectivity index (χ3v) is 7.68. The summed E-state index contributed by atoms with van der Waals surface area (Å²) in [6, 6.07) is 12.3. The number of rotatable bonds is 4. The van der Waals surface area contributed by atoms with Crippen molar-refractivity contribution in [1.29, 1.82) is 0 Å². The van der Waals surface area contributed by atoms with E-state index in [-0.39, 0.29) is 16.8 Å². The number of sulfonamides is 1. The van der Waals surface area contributed by atoms with Crippen molar-refractivity contribution in [3.8, 4) is 5.69 Å². The van der Waals surface area contributed by atoms with Crippen LogP contribution in [-0.2, 0) is 17.1 Å². The Morgan fingerprint density at radius 1 is 1.00 bits per heavy atom. The SMILES string of the molecule is C[C@H]1CN(S(=O)(=O)c2cnn(C)c2)CCN1c1ccc2c(cnn2-c2ccc(F)cc2)c1. The van der Waals surface area contributed by atoms with Crippen LogP contribution in [0.3, 0.4) is 0 Å². The summed E-state index contributed by atoms with van der Waals surface area (Å²) in [7, 11) is -1.86. The van der Waals surface area contributed by atoms with Gasteiger partial charge in [-0.05, 0) is 49.4 Å². The Kier molecular flexibility index (Phi) is 4.98. The van der Waals surface area contributed by atoms with Crippen molar-refractivity contribution in [2.75, 3.05) is 24.5 Å². The first-order valence-electron chi connectivity index (χ1n) is 10.3. The minimum absolute atomic E-state index is 0.000195. The van der Waals surface area contributed by atoms with Gasteiger partial charge in [0.25, 0.3) is 0 Å². The van der Waals surface area contributed by atoms with E-state index in [0.29, 0.717) is 19.6 Å². The van der Waals surface area contributed by atoms with Crippen molar-refractivity contribution in [1.82, 2.24) is 23.9 Å². The number of aryl methyl sites for hydroxylation is 1. The molecule has 10 heteroatoms. The lowest BCUT2D eigenvalue weighted by Crippen LogP contribution is -2.53. The molecule has 0 unspecified atom stereocenters. The second-order valence-electron chi connectivity index (χ2n) is 8.03. The van der Waals surface area contributed by atoms with Gasteiger partial charge in [0.2, 0.25) is 10.0 Å². The largest absolute Gasteiger partial charge is 0.366 e. The van der Waals surface area contributed by atoms with E-state index in [1.54, 1.807) is 30.1 Å². The second kappa shape index (κ2) is 7.72. The number of fused-ring (bicyclic) bond motifs is 1. The molecule has 166 valence electrons. The highest BCUT2D eigenvalue weighted by Gasteiger charge is 2.33. The van der Waals surface area contributed by atoms with Gasteiger partial charge in [0, 0.05) is 50.0 Å². The fourth-order valence-corrected chi connectivity index (χ4v) is 5.69. The average molecular weight is 455 g/mol. The lowest BCUT2D eigenvalue weighted by atomic mass is 10.1. The molecule has 2 aromatic carbocycles. The Bertz CT molecular complexity index is 1380. The van der Waals surface area contributed by atoms with Gasteiger partial charge in [-0.15, -0.1) is 0 Å². The molecule has 5 rings (SSSR count). The zero-order valence-electron chi connectivity index (χ0n) is 17.8. The number of hydrogen-bond acceptors (Lipinski definition) is 5. The van der Waals surface area contributed by atoms with Crippen LogP contribution in [0.1, 0.15) is 6.92 Å². The van der Waals surface area contributed by atoms with Gasteiger partial charge in [0.15, 0.2) is 0 Å². The molecule has 2 aromatic heterocycles. The summed E-state index contributed by atoms with van der Waals surface area (Å²) in [4.78, 5) is 2.43. The Morgan fingerprint density at radius 2 is 1.75 bits per heavy atom. The minimum Gasteiger partial charge on any atom is -0.366 e. The second-order valence-corrected chi connectivity index (χ2v) is 9.97. The molecule has 1 fully saturated rings. The van der Waals surface area contributed by atoms with Crippen molar-refractivity contribution < 1.29 is 12.8 Å². The number of nitrogens with zero attached hydrogens (tertiary/aromatic N) is 6. The number of halogens is 1. The highest BCUT2D eigenvalue weighted by atomic mass is 32.2. The average Bonchev–Trinajstić information content (AvgIpc) is 3.40. The van der Waals surface area contributed by atoms with Crippen molar-refractivity contribution in [3.63, 3.8) is 0 Å². The minimum atomic E-state index is -3.56. The van der Waals surface area contributed by atoms with Gasteiger partial charge in [-0.3, -0.25) is 4.68 Å². The molecule has 0 N–H and O–H groups in total. The predicted octanol–water partition coefficient (Wildman–Crippen LogP) is 2.80. The molecule has 4 aromatic rings. The van der Waals surface area contributed by atoms with Gasteiger partial charge < -0.3 is 4.90 Å². The van der Waals surface area contributed by atoms with E-state index in [1.165, 1.54) is 33.5 Å². The summed E-state index contributed by atoms with van der Waals surface area (Å²) in [6.45, 7) is 3.40. The first kappa shape index (κ1) is 20.7. The molecule has 1 saturated heterocycles. The molecule has 0 spiro atoms. The summed E-state index contributed by atoms with van der Waals surface area (Å²) >= 11 is 0. The van der Waals surface area contributed by atoms with Crippen LogP contribution in [0.2, 0.25) is 0 Å². The summed E-state index contributed by atoms with van der Waals surface area (Å²) in [5, 5.41) is 9.41. The predicted molar refractivity (Wildman–Crippen MR) is 120 cm³/mol. The highest BCUT2D eigenvalue weighted by Crippen LogP contribution is 2.28. The van der Waals surface area contributed by atoms with Gasteiger partial charge in [-0.25, -0.2) is 17.5 Å². The topological polar surface area (TPSA) is 76.3 Å². The smallest absolute Gasteiger partial charge is 0.246 e. The Labute approximate surface area is 185 Å². The Balaban J connectivity index is 1.38. The van der Waals surface area contributed by atoms with Crippen LogP contribution in [0.25, 0.3) is 16.6 Å². The lowest BCUT2D eigenvalue weighted by molar-refractivity contribution is 0.342. The molecule has 0 aliphatic carbocycles. The van der Waals surface area contributed by atoms with Crippen LogP contribution >= 0.6 is 0 Å². The van der Waals surface area contributed by atoms with Crippen LogP contribution in [0.4, 0.5) is 10.1 Å². The fraction of sp³-hybridized carbons (Fsp3) is 0.273. The van der Waals surface area contributed by atoms with Crippen LogP contribution in [0, 0.1) is 5.82 Å². The number of aromatic nitrogens is 4. The molecule has 0 bridgehead atoms. The molecule has 1 aliphatic heterocycles. The van der Waals surface area contributed by atoms with Crippen molar-refractivity contribution in [2.24, 2.45) is 7.05 Å². The molecule has 3 heterocycles. The molecular weight excluding hydrogens is 431 g/mol. The van der Waals surface area contributed by atoms with Crippen LogP contribution < -0.4 is 4.90 Å². The molecular formula is C22H23FN6O2S. The van der Waals surface area contributed by atoms with E-state index in [2.05, 4.69) is 21.2 Å². The number of benzene rings is 2. The van der Waals surface area contributed by atoms with E-state index < -0.39 is 10.0 Å². The molecule has 1 aliphatic rings. The van der Waals surface area contributed by atoms with Crippen LogP contribution in [0.5, 0.6) is 0 Å². The first-order chi connectivity index (χ1) is 15.3. The molecule has 8 nitrogen and oxygen atoms in total. The van der Waals surface area contributed by atoms with Gasteiger partial charge in [0.1, 0.15) is 10.7 Å². The number of hydrogen-bond donors (Lipinski definition) is 0. The van der Waals surface area contributed by atoms with Gasteiger partial charge >= 0.3 is 0 Å². The molecule has 0 radical (unpaired) electrons. The van der Waals surface area contributed by atoms with Crippen molar-refractivity contribution in [3.05, 3.63) is 66.9 Å². The van der Waals surface area contributed by atoms with E-state index in [0.717, 1.165) is 22.3 Å². The van der Waals surface area contributed by atoms with Crippen LogP contribution in [-0.4, -0.2) is 58.0 Å². The quantitative estimate of drug-likeness (QED) is 0.474. The third kappa shape index (κ3) is 3.55. The highest BCUT2D eigenvalue weighted by molar-refractivity contribution is 7.89. The summed E-state index contributed by atoms with van der Waals surface area (Å²) in [6.07, 6.45) is 4.70. The van der Waals surface area contributed by atoms with E-state index in [1.807, 2.05) is 19.1 Å². The standard InChI is InChI=1S/C22H23FN6O2S/c1-16-14-27(32(30,31)21-13-24-26(2)15-21)9-10-28(16)20-7-8-22-17(11-20)12-25-29(22)19-5-3-18(23)4-6-19/h3-8,11-13,15-16H,9-10,14H2,1-2H3/t16-/m0/s1. The van der Waals surface area contributed by atoms with Gasteiger partial charge in [-0.2, -0.15) is 14.5 Å². The lowest BCUT2D eigenvalue weighted by Gasteiger charge is -2.40. The van der Waals surface area contributed by atoms with Crippen molar-refractivity contribution in [2.45, 2.75) is 17.9 Å². The zero-order chi connectivity index (χ0) is 22.5. The number of piperazine rings is 1. The molecule has 1 atom stereocenters. The third-order valence-electron chi connectivity index (χ3n) is 5.86. The van der Waals surface area contributed by atoms with E-state index in [4.69, 9.17) is 0 Å². The Morgan fingerprint density at radius 3 is 2.44 bits per heavy atom. The first-order valence-corrected chi connectivity index (χ1v) is 11.8. The summed E-state index contributed by atoms with van der Waals surface area (Å²) in [5.41, 5.74) is 2.73. The summed E-state index contributed by atoms with van der Waals surface area (Å²) in [5.74, 6) is -0.286. The van der Waals surface area contributed by atoms with Crippen LogP contribution in [0.15, 0.2) is 66.0 Å². The normalized spacial score (nSPS) is 17.8. The zero-order valence-corrected chi connectivity index (χ0v) is 18.6. The molecule has 0 saturated carbocycles. The van der Waals surface area contributed by atoms with Gasteiger partial charge in [0.05, 0.1) is 23.6 Å². The maximum Gasteiger partial charge on any atom is 0.246 e.